The minimum atomic E-state index is 0. The van der Waals surface area contributed by atoms with E-state index in [4.69, 9.17) is 18.8 Å². The molecule has 4 nitrogen and oxygen atoms in total. The molecule has 278 valence electrons. The second-order valence-corrected chi connectivity index (χ2v) is 9.56. The van der Waals surface area contributed by atoms with Crippen molar-refractivity contribution in [3.63, 3.8) is 0 Å². The van der Waals surface area contributed by atoms with Gasteiger partial charge in [-0.05, 0) is 39.5 Å². The molecule has 0 N–H and O–H groups in total. The lowest BCUT2D eigenvalue weighted by Gasteiger charge is -2.03. The van der Waals surface area contributed by atoms with Crippen molar-refractivity contribution in [3.8, 4) is 0 Å². The number of hydrogen-bond acceptors (Lipinski definition) is 4. The minimum Gasteiger partial charge on any atom is -0.441 e. The van der Waals surface area contributed by atoms with Crippen LogP contribution in [0.15, 0.2) is 0 Å². The van der Waals surface area contributed by atoms with Gasteiger partial charge in [-0.15, -0.1) is 0 Å². The molecular weight excluding hydrogens is 542 g/mol. The van der Waals surface area contributed by atoms with Crippen LogP contribution in [0.3, 0.4) is 0 Å². The van der Waals surface area contributed by atoms with Crippen LogP contribution in [0.1, 0.15) is 202 Å². The number of rotatable bonds is 26. The van der Waals surface area contributed by atoms with Crippen LogP contribution >= 0.6 is 0 Å². The average Bonchev–Trinajstić information content (AvgIpc) is 2.93. The SMILES string of the molecule is C.C.C.C.C.C.CCCCCCCOCC.CCCCCCCOCCCCCC.C[B]OCC.C[B]OCCCCCC. The zero-order valence-corrected chi connectivity index (χ0v) is 27.8. The van der Waals surface area contributed by atoms with Crippen LogP contribution in [0.2, 0.25) is 13.6 Å². The van der Waals surface area contributed by atoms with Crippen molar-refractivity contribution >= 4 is 15.0 Å². The minimum absolute atomic E-state index is 0. The van der Waals surface area contributed by atoms with E-state index in [0.29, 0.717) is 0 Å². The standard InChI is InChI=1S/C13H28O.C9H20O.C7H16BO.C3H8BO.6CH4/c1-3-5-7-9-11-13-14-12-10-8-6-4-2;1-3-5-6-7-8-9-10-4-2;1-3-4-5-6-7-9-8-2;1-3-5-4-2;;;;;;/h3-13H2,1-2H3;3-9H2,1-2H3;3-7H2,1-2H3;3H2,1-2H3;6*1H4. The maximum atomic E-state index is 5.56. The summed E-state index contributed by atoms with van der Waals surface area (Å²) < 4.78 is 20.5. The van der Waals surface area contributed by atoms with Crippen molar-refractivity contribution in [1.29, 1.82) is 0 Å². The molecule has 0 aromatic heterocycles. The molecule has 0 aromatic carbocycles. The molecule has 6 heteroatoms. The first-order valence-electron chi connectivity index (χ1n) is 16.6. The Morgan fingerprint density at radius 1 is 0.318 bits per heavy atom. The first kappa shape index (κ1) is 70.4. The Morgan fingerprint density at radius 3 is 0.886 bits per heavy atom. The number of unbranched alkanes of at least 4 members (excludes halogenated alkanes) is 14. The van der Waals surface area contributed by atoms with Crippen molar-refractivity contribution in [3.05, 3.63) is 0 Å². The van der Waals surface area contributed by atoms with Gasteiger partial charge < -0.3 is 18.8 Å². The van der Waals surface area contributed by atoms with Crippen molar-refractivity contribution in [2.24, 2.45) is 0 Å². The summed E-state index contributed by atoms with van der Waals surface area (Å²) in [7, 11) is 3.44. The Bertz CT molecular complexity index is 297. The van der Waals surface area contributed by atoms with Crippen LogP contribution in [0.25, 0.3) is 0 Å². The lowest BCUT2D eigenvalue weighted by atomic mass is 10.1. The Labute approximate surface area is 288 Å². The van der Waals surface area contributed by atoms with Crippen molar-refractivity contribution < 1.29 is 18.8 Å². The van der Waals surface area contributed by atoms with Gasteiger partial charge in [0.1, 0.15) is 0 Å². The molecule has 0 saturated heterocycles. The maximum absolute atomic E-state index is 5.56. The molecule has 0 rings (SSSR count). The molecule has 0 spiro atoms. The van der Waals surface area contributed by atoms with E-state index in [0.717, 1.165) is 39.6 Å². The number of hydrogen-bond donors (Lipinski definition) is 0. The van der Waals surface area contributed by atoms with E-state index in [9.17, 15) is 0 Å². The third-order valence-corrected chi connectivity index (χ3v) is 5.75. The van der Waals surface area contributed by atoms with Gasteiger partial charge in [-0.3, -0.25) is 0 Å². The van der Waals surface area contributed by atoms with E-state index in [2.05, 4.69) is 27.7 Å². The average molecular weight is 639 g/mol. The van der Waals surface area contributed by atoms with Crippen molar-refractivity contribution in [2.45, 2.75) is 215 Å². The van der Waals surface area contributed by atoms with Crippen LogP contribution < -0.4 is 0 Å². The molecule has 0 aliphatic rings. The topological polar surface area (TPSA) is 36.9 Å². The van der Waals surface area contributed by atoms with Crippen LogP contribution in [0.5, 0.6) is 0 Å². The molecule has 44 heavy (non-hydrogen) atoms. The van der Waals surface area contributed by atoms with Crippen LogP contribution in [0.4, 0.5) is 0 Å². The van der Waals surface area contributed by atoms with Gasteiger partial charge in [0.25, 0.3) is 15.0 Å². The Hall–Kier alpha value is -0.0301. The summed E-state index contributed by atoms with van der Waals surface area (Å²) in [5.41, 5.74) is 0. The lowest BCUT2D eigenvalue weighted by molar-refractivity contribution is 0.126. The molecule has 0 bridgehead atoms. The van der Waals surface area contributed by atoms with Gasteiger partial charge in [-0.1, -0.05) is 176 Å². The predicted molar refractivity (Wildman–Crippen MR) is 214 cm³/mol. The maximum Gasteiger partial charge on any atom is 0.288 e. The molecule has 0 unspecified atom stereocenters. The zero-order chi connectivity index (χ0) is 29.2. The van der Waals surface area contributed by atoms with E-state index in [-0.39, 0.29) is 44.6 Å². The van der Waals surface area contributed by atoms with Crippen LogP contribution in [0, 0.1) is 0 Å². The van der Waals surface area contributed by atoms with Crippen LogP contribution in [-0.2, 0) is 18.8 Å². The summed E-state index contributed by atoms with van der Waals surface area (Å²) in [6, 6.07) is 0. The summed E-state index contributed by atoms with van der Waals surface area (Å²) in [6.07, 6.45) is 23.8. The summed E-state index contributed by atoms with van der Waals surface area (Å²) in [5.74, 6) is 0. The van der Waals surface area contributed by atoms with Crippen LogP contribution in [-0.4, -0.2) is 54.6 Å². The molecule has 0 atom stereocenters. The van der Waals surface area contributed by atoms with E-state index < -0.39 is 0 Å². The van der Waals surface area contributed by atoms with Gasteiger partial charge in [0.15, 0.2) is 0 Å². The first-order chi connectivity index (χ1) is 18.7. The van der Waals surface area contributed by atoms with Gasteiger partial charge in [0.2, 0.25) is 0 Å². The van der Waals surface area contributed by atoms with E-state index >= 15 is 0 Å². The van der Waals surface area contributed by atoms with E-state index in [1.54, 1.807) is 15.0 Å². The lowest BCUT2D eigenvalue weighted by Crippen LogP contribution is -1.97. The monoisotopic (exact) mass is 639 g/mol. The third-order valence-electron chi connectivity index (χ3n) is 5.75. The molecule has 2 radical (unpaired) electrons. The molecule has 0 fully saturated rings. The zero-order valence-electron chi connectivity index (χ0n) is 27.8. The highest BCUT2D eigenvalue weighted by molar-refractivity contribution is 6.24. The Morgan fingerprint density at radius 2 is 0.614 bits per heavy atom. The molecular formula is C38H96B2O4. The highest BCUT2D eigenvalue weighted by Gasteiger charge is 1.91. The van der Waals surface area contributed by atoms with Gasteiger partial charge in [0, 0.05) is 39.6 Å². The van der Waals surface area contributed by atoms with Gasteiger partial charge >= 0.3 is 0 Å². The molecule has 0 aromatic rings. The molecule has 0 saturated carbocycles. The second-order valence-electron chi connectivity index (χ2n) is 9.56. The summed E-state index contributed by atoms with van der Waals surface area (Å²) in [5, 5.41) is 0. The van der Waals surface area contributed by atoms with Gasteiger partial charge in [-0.25, -0.2) is 0 Å². The molecule has 0 aliphatic heterocycles. The van der Waals surface area contributed by atoms with Gasteiger partial charge in [-0.2, -0.15) is 0 Å². The summed E-state index contributed by atoms with van der Waals surface area (Å²) in [6.45, 7) is 22.2. The molecule has 0 aliphatic carbocycles. The second kappa shape index (κ2) is 84.3. The van der Waals surface area contributed by atoms with Crippen molar-refractivity contribution in [2.75, 3.05) is 39.6 Å². The molecule has 0 heterocycles. The smallest absolute Gasteiger partial charge is 0.288 e. The quantitative estimate of drug-likeness (QED) is 0.0698. The fourth-order valence-corrected chi connectivity index (χ4v) is 3.39. The summed E-state index contributed by atoms with van der Waals surface area (Å²) in [4.78, 5) is 0. The fourth-order valence-electron chi connectivity index (χ4n) is 3.39. The Balaban J connectivity index is -0.0000000437. The molecule has 0 amide bonds. The van der Waals surface area contributed by atoms with Gasteiger partial charge in [0.05, 0.1) is 0 Å². The predicted octanol–water partition coefficient (Wildman–Crippen LogP) is 14.3. The van der Waals surface area contributed by atoms with Crippen molar-refractivity contribution in [1.82, 2.24) is 0 Å². The van der Waals surface area contributed by atoms with E-state index in [1.807, 2.05) is 27.5 Å². The Kier molecular flexibility index (Phi) is 135. The third kappa shape index (κ3) is 104. The first-order valence-corrected chi connectivity index (χ1v) is 16.6. The van der Waals surface area contributed by atoms with E-state index in [1.165, 1.54) is 116 Å². The number of ether oxygens (including phenoxy) is 2. The fraction of sp³-hybridized carbons (Fsp3) is 1.00. The highest BCUT2D eigenvalue weighted by atomic mass is 16.5. The largest absolute Gasteiger partial charge is 0.441 e. The normalized spacial score (nSPS) is 8.55. The highest BCUT2D eigenvalue weighted by Crippen LogP contribution is 2.04. The summed E-state index contributed by atoms with van der Waals surface area (Å²) >= 11 is 0.